The summed E-state index contributed by atoms with van der Waals surface area (Å²) in [6.45, 7) is 6.00. The first-order chi connectivity index (χ1) is 11.1. The number of esters is 1. The summed E-state index contributed by atoms with van der Waals surface area (Å²) in [5.74, 6) is 1.20. The smallest absolute Gasteiger partial charge is 0.341 e. The van der Waals surface area contributed by atoms with Crippen LogP contribution in [0.5, 0.6) is 0 Å². The lowest BCUT2D eigenvalue weighted by molar-refractivity contribution is 0.0524. The fraction of sp³-hybridized carbons (Fsp3) is 0.333. The molecule has 3 aromatic heterocycles. The minimum Gasteiger partial charge on any atom is -0.468 e. The van der Waals surface area contributed by atoms with E-state index in [1.54, 1.807) is 13.0 Å². The minimum atomic E-state index is -0.378. The number of fused-ring (bicyclic) bond motifs is 1. The van der Waals surface area contributed by atoms with E-state index in [4.69, 9.17) is 9.15 Å². The van der Waals surface area contributed by atoms with Gasteiger partial charge in [0.05, 0.1) is 18.6 Å². The molecule has 0 amide bonds. The average Bonchev–Trinajstić information content (AvgIpc) is 3.11. The van der Waals surface area contributed by atoms with Crippen LogP contribution in [-0.2, 0) is 10.5 Å². The van der Waals surface area contributed by atoms with Gasteiger partial charge in [0.1, 0.15) is 11.3 Å². The second kappa shape index (κ2) is 6.41. The Kier molecular flexibility index (Phi) is 4.33. The van der Waals surface area contributed by atoms with Crippen molar-refractivity contribution in [1.29, 1.82) is 0 Å². The van der Waals surface area contributed by atoms with E-state index in [2.05, 4.69) is 15.2 Å². The quantitative estimate of drug-likeness (QED) is 0.525. The summed E-state index contributed by atoms with van der Waals surface area (Å²) in [5.41, 5.74) is 2.35. The van der Waals surface area contributed by atoms with Crippen molar-refractivity contribution in [3.63, 3.8) is 0 Å². The van der Waals surface area contributed by atoms with Crippen LogP contribution in [0.2, 0.25) is 0 Å². The van der Waals surface area contributed by atoms with Crippen LogP contribution in [0, 0.1) is 13.8 Å². The van der Waals surface area contributed by atoms with Gasteiger partial charge in [-0.1, -0.05) is 11.8 Å². The summed E-state index contributed by atoms with van der Waals surface area (Å²) in [6.07, 6.45) is 1.49. The van der Waals surface area contributed by atoms with Crippen molar-refractivity contribution in [1.82, 2.24) is 19.6 Å². The van der Waals surface area contributed by atoms with Crippen molar-refractivity contribution in [2.75, 3.05) is 6.61 Å². The van der Waals surface area contributed by atoms with Crippen LogP contribution in [0.4, 0.5) is 0 Å². The van der Waals surface area contributed by atoms with Crippen LogP contribution < -0.4 is 0 Å². The second-order valence-electron chi connectivity index (χ2n) is 4.92. The topological polar surface area (TPSA) is 82.5 Å². The Morgan fingerprint density at radius 1 is 1.39 bits per heavy atom. The summed E-state index contributed by atoms with van der Waals surface area (Å²) < 4.78 is 12.3. The number of hydrogen-bond acceptors (Lipinski definition) is 7. The number of hydrogen-bond donors (Lipinski definition) is 0. The van der Waals surface area contributed by atoms with E-state index >= 15 is 0 Å². The molecule has 0 bridgehead atoms. The molecule has 8 heteroatoms. The molecule has 0 aliphatic rings. The van der Waals surface area contributed by atoms with Crippen LogP contribution in [0.1, 0.15) is 34.4 Å². The maximum absolute atomic E-state index is 11.9. The van der Waals surface area contributed by atoms with E-state index in [0.29, 0.717) is 34.6 Å². The Balaban J connectivity index is 1.82. The summed E-state index contributed by atoms with van der Waals surface area (Å²) >= 11 is 1.43. The molecule has 0 radical (unpaired) electrons. The number of carbonyl (C=O) groups is 1. The number of aromatic nitrogens is 4. The van der Waals surface area contributed by atoms with Gasteiger partial charge in [-0.25, -0.2) is 9.78 Å². The van der Waals surface area contributed by atoms with Gasteiger partial charge in [-0.3, -0.25) is 4.40 Å². The van der Waals surface area contributed by atoms with Gasteiger partial charge in [0.25, 0.3) is 5.78 Å². The van der Waals surface area contributed by atoms with Crippen LogP contribution in [-0.4, -0.2) is 32.2 Å². The fourth-order valence-corrected chi connectivity index (χ4v) is 3.20. The van der Waals surface area contributed by atoms with Crippen molar-refractivity contribution in [3.05, 3.63) is 41.1 Å². The normalized spacial score (nSPS) is 11.1. The third-order valence-electron chi connectivity index (χ3n) is 3.24. The zero-order valence-electron chi connectivity index (χ0n) is 13.1. The Morgan fingerprint density at radius 2 is 2.22 bits per heavy atom. The molecule has 23 heavy (non-hydrogen) atoms. The zero-order chi connectivity index (χ0) is 16.4. The van der Waals surface area contributed by atoms with Crippen LogP contribution in [0.15, 0.2) is 28.0 Å². The van der Waals surface area contributed by atoms with Crippen molar-refractivity contribution in [2.24, 2.45) is 0 Å². The number of thioether (sulfide) groups is 1. The summed E-state index contributed by atoms with van der Waals surface area (Å²) in [4.78, 5) is 16.2. The highest BCUT2D eigenvalue weighted by atomic mass is 32.2. The molecule has 120 valence electrons. The molecule has 0 aliphatic carbocycles. The monoisotopic (exact) mass is 332 g/mol. The molecule has 0 fully saturated rings. The first-order valence-electron chi connectivity index (χ1n) is 7.15. The van der Waals surface area contributed by atoms with E-state index in [-0.39, 0.29) is 5.97 Å². The van der Waals surface area contributed by atoms with Gasteiger partial charge < -0.3 is 9.15 Å². The fourth-order valence-electron chi connectivity index (χ4n) is 2.27. The molecule has 0 N–H and O–H groups in total. The van der Waals surface area contributed by atoms with Gasteiger partial charge >= 0.3 is 5.97 Å². The second-order valence-corrected chi connectivity index (χ2v) is 5.87. The van der Waals surface area contributed by atoms with Gasteiger partial charge in [0, 0.05) is 11.4 Å². The molecule has 0 aliphatic heterocycles. The molecule has 7 nitrogen and oxygen atoms in total. The molecule has 0 spiro atoms. The van der Waals surface area contributed by atoms with Gasteiger partial charge in [0.2, 0.25) is 0 Å². The van der Waals surface area contributed by atoms with Crippen LogP contribution >= 0.6 is 11.8 Å². The maximum Gasteiger partial charge on any atom is 0.341 e. The lowest BCUT2D eigenvalue weighted by Gasteiger charge is -2.04. The van der Waals surface area contributed by atoms with Gasteiger partial charge in [-0.15, -0.1) is 10.2 Å². The molecular weight excluding hydrogens is 316 g/mol. The number of carbonyl (C=O) groups excluding carboxylic acids is 1. The Hall–Kier alpha value is -2.35. The van der Waals surface area contributed by atoms with Crippen LogP contribution in [0.25, 0.3) is 5.78 Å². The first kappa shape index (κ1) is 15.5. The van der Waals surface area contributed by atoms with E-state index in [1.807, 2.05) is 24.3 Å². The molecule has 3 rings (SSSR count). The van der Waals surface area contributed by atoms with Gasteiger partial charge in [-0.2, -0.15) is 0 Å². The molecule has 0 saturated carbocycles. The molecule has 0 unspecified atom stereocenters. The van der Waals surface area contributed by atoms with Crippen molar-refractivity contribution >= 4 is 23.5 Å². The van der Waals surface area contributed by atoms with E-state index < -0.39 is 0 Å². The molecule has 3 aromatic rings. The summed E-state index contributed by atoms with van der Waals surface area (Å²) in [6, 6.07) is 3.59. The maximum atomic E-state index is 11.9. The van der Waals surface area contributed by atoms with Crippen LogP contribution in [0.3, 0.4) is 0 Å². The lowest BCUT2D eigenvalue weighted by atomic mass is 10.3. The summed E-state index contributed by atoms with van der Waals surface area (Å²) in [5, 5.41) is 8.95. The third-order valence-corrected chi connectivity index (χ3v) is 4.17. The summed E-state index contributed by atoms with van der Waals surface area (Å²) in [7, 11) is 0. The largest absolute Gasteiger partial charge is 0.468 e. The number of furan rings is 1. The highest BCUT2D eigenvalue weighted by Gasteiger charge is 2.17. The number of ether oxygens (including phenoxy) is 1. The third kappa shape index (κ3) is 3.07. The molecule has 3 heterocycles. The predicted molar refractivity (Wildman–Crippen MR) is 84.5 cm³/mol. The Labute approximate surface area is 137 Å². The van der Waals surface area contributed by atoms with E-state index in [0.717, 1.165) is 11.4 Å². The zero-order valence-corrected chi connectivity index (χ0v) is 13.9. The van der Waals surface area contributed by atoms with Crippen molar-refractivity contribution < 1.29 is 13.9 Å². The number of rotatable bonds is 5. The van der Waals surface area contributed by atoms with Crippen molar-refractivity contribution in [3.8, 4) is 0 Å². The van der Waals surface area contributed by atoms with Crippen molar-refractivity contribution in [2.45, 2.75) is 31.7 Å². The Bertz CT molecular complexity index is 856. The average molecular weight is 332 g/mol. The minimum absolute atomic E-state index is 0.329. The van der Waals surface area contributed by atoms with Gasteiger partial charge in [0.15, 0.2) is 5.16 Å². The van der Waals surface area contributed by atoms with E-state index in [1.165, 1.54) is 18.0 Å². The molecular formula is C15H16N4O3S. The lowest BCUT2D eigenvalue weighted by Crippen LogP contribution is -2.05. The first-order valence-corrected chi connectivity index (χ1v) is 8.14. The highest BCUT2D eigenvalue weighted by molar-refractivity contribution is 7.98. The SMILES string of the molecule is CCOC(=O)c1ccoc1CSc1nnc2nc(C)cc(C)n12. The Morgan fingerprint density at radius 3 is 3.00 bits per heavy atom. The predicted octanol–water partition coefficient (Wildman–Crippen LogP) is 2.80. The van der Waals surface area contributed by atoms with E-state index in [9.17, 15) is 4.79 Å². The van der Waals surface area contributed by atoms with Gasteiger partial charge in [-0.05, 0) is 32.9 Å². The number of nitrogens with zero attached hydrogens (tertiary/aromatic N) is 4. The number of aryl methyl sites for hydroxylation is 2. The molecule has 0 aromatic carbocycles. The molecule has 0 atom stereocenters. The molecule has 0 saturated heterocycles. The highest BCUT2D eigenvalue weighted by Crippen LogP contribution is 2.25. The standard InChI is InChI=1S/C15H16N4O3S/c1-4-21-13(20)11-5-6-22-12(11)8-23-15-18-17-14-16-9(2)7-10(3)19(14)15/h5-7H,4,8H2,1-3H3.